The van der Waals surface area contributed by atoms with Crippen LogP contribution in [0.4, 0.5) is 0 Å². The lowest BCUT2D eigenvalue weighted by molar-refractivity contribution is 0.0980. The fourth-order valence-corrected chi connectivity index (χ4v) is 3.70. The normalized spacial score (nSPS) is 13.9. The summed E-state index contributed by atoms with van der Waals surface area (Å²) in [5, 5.41) is 1.64. The molecular weight excluding hydrogens is 364 g/mol. The minimum atomic E-state index is 0.535. The maximum Gasteiger partial charge on any atom is 0.160 e. The highest BCUT2D eigenvalue weighted by Crippen LogP contribution is 2.36. The number of halogens is 1. The molecule has 2 heterocycles. The first-order valence-electron chi connectivity index (χ1n) is 8.81. The summed E-state index contributed by atoms with van der Waals surface area (Å²) >= 11 is 6.44. The number of benzene rings is 2. The molecule has 140 valence electrons. The van der Waals surface area contributed by atoms with E-state index < -0.39 is 0 Å². The Morgan fingerprint density at radius 1 is 1.15 bits per heavy atom. The van der Waals surface area contributed by atoms with Gasteiger partial charge in [0, 0.05) is 30.2 Å². The number of nitrogens with zero attached hydrogens (tertiary/aromatic N) is 2. The number of rotatable bonds is 5. The Balaban J connectivity index is 1.49. The summed E-state index contributed by atoms with van der Waals surface area (Å²) in [7, 11) is 3.29. The zero-order valence-corrected chi connectivity index (χ0v) is 16.1. The maximum atomic E-state index is 6.44. The second-order valence-electron chi connectivity index (χ2n) is 6.51. The van der Waals surface area contributed by atoms with E-state index >= 15 is 0 Å². The van der Waals surface area contributed by atoms with Crippen molar-refractivity contribution in [3.8, 4) is 17.2 Å². The van der Waals surface area contributed by atoms with E-state index in [0.717, 1.165) is 53.2 Å². The molecule has 5 nitrogen and oxygen atoms in total. The van der Waals surface area contributed by atoms with E-state index in [4.69, 9.17) is 25.8 Å². The van der Waals surface area contributed by atoms with Crippen LogP contribution in [-0.4, -0.2) is 37.4 Å². The van der Waals surface area contributed by atoms with Gasteiger partial charge in [0.05, 0.1) is 19.2 Å². The highest BCUT2D eigenvalue weighted by molar-refractivity contribution is 6.35. The van der Waals surface area contributed by atoms with Gasteiger partial charge in [0.15, 0.2) is 17.2 Å². The standard InChI is InChI=1S/C21H21ClN2O3/c1-25-18-6-5-14(10-19(18)26-2)7-9-24-12-15-11-17(22)16-4-3-8-23-20(16)21(15)27-13-24/h3-6,8,10-11H,7,9,12-13H2,1-2H3. The summed E-state index contributed by atoms with van der Waals surface area (Å²) in [4.78, 5) is 6.71. The minimum absolute atomic E-state index is 0.535. The molecule has 0 atom stereocenters. The van der Waals surface area contributed by atoms with E-state index in [1.165, 1.54) is 5.56 Å². The molecule has 0 spiro atoms. The van der Waals surface area contributed by atoms with E-state index in [2.05, 4.69) is 16.0 Å². The summed E-state index contributed by atoms with van der Waals surface area (Å²) in [5.74, 6) is 2.34. The summed E-state index contributed by atoms with van der Waals surface area (Å²) in [6, 6.07) is 11.9. The molecular formula is C21H21ClN2O3. The molecule has 0 unspecified atom stereocenters. The van der Waals surface area contributed by atoms with Crippen LogP contribution in [0.2, 0.25) is 5.02 Å². The monoisotopic (exact) mass is 384 g/mol. The molecule has 0 radical (unpaired) electrons. The summed E-state index contributed by atoms with van der Waals surface area (Å²) < 4.78 is 16.7. The first-order valence-corrected chi connectivity index (χ1v) is 9.19. The first kappa shape index (κ1) is 17.9. The van der Waals surface area contributed by atoms with Crippen LogP contribution in [0.5, 0.6) is 17.2 Å². The van der Waals surface area contributed by atoms with Gasteiger partial charge in [-0.15, -0.1) is 0 Å². The molecule has 0 amide bonds. The smallest absolute Gasteiger partial charge is 0.160 e. The lowest BCUT2D eigenvalue weighted by Crippen LogP contribution is -2.33. The van der Waals surface area contributed by atoms with Crippen molar-refractivity contribution in [2.75, 3.05) is 27.5 Å². The Morgan fingerprint density at radius 2 is 2.00 bits per heavy atom. The van der Waals surface area contributed by atoms with Crippen molar-refractivity contribution in [2.24, 2.45) is 0 Å². The topological polar surface area (TPSA) is 43.8 Å². The van der Waals surface area contributed by atoms with Crippen LogP contribution >= 0.6 is 11.6 Å². The van der Waals surface area contributed by atoms with Crippen molar-refractivity contribution in [1.29, 1.82) is 0 Å². The molecule has 0 saturated carbocycles. The lowest BCUT2D eigenvalue weighted by Gasteiger charge is -2.29. The van der Waals surface area contributed by atoms with Gasteiger partial charge in [-0.25, -0.2) is 0 Å². The first-order chi connectivity index (χ1) is 13.2. The molecule has 27 heavy (non-hydrogen) atoms. The average Bonchev–Trinajstić information content (AvgIpc) is 2.72. The van der Waals surface area contributed by atoms with Crippen molar-refractivity contribution in [2.45, 2.75) is 13.0 Å². The van der Waals surface area contributed by atoms with E-state index in [-0.39, 0.29) is 0 Å². The largest absolute Gasteiger partial charge is 0.493 e. The van der Waals surface area contributed by atoms with E-state index in [0.29, 0.717) is 11.8 Å². The van der Waals surface area contributed by atoms with Gasteiger partial charge in [-0.3, -0.25) is 9.88 Å². The minimum Gasteiger partial charge on any atom is -0.493 e. The van der Waals surface area contributed by atoms with Crippen molar-refractivity contribution >= 4 is 22.5 Å². The molecule has 1 aliphatic rings. The van der Waals surface area contributed by atoms with Gasteiger partial charge in [0.1, 0.15) is 12.2 Å². The molecule has 1 aliphatic heterocycles. The van der Waals surface area contributed by atoms with Gasteiger partial charge in [0.25, 0.3) is 0 Å². The molecule has 0 bridgehead atoms. The highest BCUT2D eigenvalue weighted by Gasteiger charge is 2.21. The Bertz CT molecular complexity index is 977. The molecule has 3 aromatic rings. The third-order valence-electron chi connectivity index (χ3n) is 4.82. The second kappa shape index (κ2) is 7.62. The quantitative estimate of drug-likeness (QED) is 0.656. The fourth-order valence-electron chi connectivity index (χ4n) is 3.42. The zero-order valence-electron chi connectivity index (χ0n) is 15.4. The molecule has 0 N–H and O–H groups in total. The van der Waals surface area contributed by atoms with Crippen molar-refractivity contribution < 1.29 is 14.2 Å². The third-order valence-corrected chi connectivity index (χ3v) is 5.14. The highest BCUT2D eigenvalue weighted by atomic mass is 35.5. The number of hydrogen-bond donors (Lipinski definition) is 0. The fraction of sp³-hybridized carbons (Fsp3) is 0.286. The molecule has 6 heteroatoms. The number of aromatic nitrogens is 1. The van der Waals surface area contributed by atoms with Crippen LogP contribution in [0.1, 0.15) is 11.1 Å². The van der Waals surface area contributed by atoms with Crippen molar-refractivity contribution in [1.82, 2.24) is 9.88 Å². The number of ether oxygens (including phenoxy) is 3. The zero-order chi connectivity index (χ0) is 18.8. The van der Waals surface area contributed by atoms with Gasteiger partial charge in [-0.2, -0.15) is 0 Å². The van der Waals surface area contributed by atoms with Crippen LogP contribution in [-0.2, 0) is 13.0 Å². The van der Waals surface area contributed by atoms with E-state index in [1.54, 1.807) is 20.4 Å². The summed E-state index contributed by atoms with van der Waals surface area (Å²) in [6.45, 7) is 2.19. The maximum absolute atomic E-state index is 6.44. The van der Waals surface area contributed by atoms with Gasteiger partial charge >= 0.3 is 0 Å². The number of fused-ring (bicyclic) bond motifs is 3. The summed E-state index contributed by atoms with van der Waals surface area (Å²) in [5.41, 5.74) is 3.10. The summed E-state index contributed by atoms with van der Waals surface area (Å²) in [6.07, 6.45) is 2.66. The van der Waals surface area contributed by atoms with Crippen LogP contribution in [0.25, 0.3) is 10.9 Å². The van der Waals surface area contributed by atoms with E-state index in [9.17, 15) is 0 Å². The molecule has 0 saturated heterocycles. The SMILES string of the molecule is COc1ccc(CCN2COc3c(cc(Cl)c4cccnc34)C2)cc1OC. The number of pyridine rings is 1. The Labute approximate surface area is 163 Å². The van der Waals surface area contributed by atoms with Gasteiger partial charge in [0.2, 0.25) is 0 Å². The van der Waals surface area contributed by atoms with Crippen LogP contribution < -0.4 is 14.2 Å². The van der Waals surface area contributed by atoms with Crippen molar-refractivity contribution in [3.05, 3.63) is 58.7 Å². The van der Waals surface area contributed by atoms with Gasteiger partial charge in [-0.1, -0.05) is 17.7 Å². The Hall–Kier alpha value is -2.50. The lowest BCUT2D eigenvalue weighted by atomic mass is 10.1. The van der Waals surface area contributed by atoms with Gasteiger partial charge in [-0.05, 0) is 42.3 Å². The third kappa shape index (κ3) is 3.53. The van der Waals surface area contributed by atoms with Crippen LogP contribution in [0.15, 0.2) is 42.6 Å². The average molecular weight is 385 g/mol. The van der Waals surface area contributed by atoms with Gasteiger partial charge < -0.3 is 14.2 Å². The molecule has 0 aliphatic carbocycles. The predicted molar refractivity (Wildman–Crippen MR) is 106 cm³/mol. The Morgan fingerprint density at radius 3 is 2.81 bits per heavy atom. The van der Waals surface area contributed by atoms with E-state index in [1.807, 2.05) is 30.3 Å². The van der Waals surface area contributed by atoms with Crippen LogP contribution in [0, 0.1) is 0 Å². The van der Waals surface area contributed by atoms with Crippen LogP contribution in [0.3, 0.4) is 0 Å². The number of hydrogen-bond acceptors (Lipinski definition) is 5. The predicted octanol–water partition coefficient (Wildman–Crippen LogP) is 4.30. The Kier molecular flexibility index (Phi) is 5.05. The number of methoxy groups -OCH3 is 2. The van der Waals surface area contributed by atoms with Crippen molar-refractivity contribution in [3.63, 3.8) is 0 Å². The second-order valence-corrected chi connectivity index (χ2v) is 6.92. The molecule has 4 rings (SSSR count). The molecule has 2 aromatic carbocycles. The molecule has 0 fully saturated rings. The molecule has 1 aromatic heterocycles.